The first-order valence-corrected chi connectivity index (χ1v) is 6.59. The SMILES string of the molecule is O=C(O)CCN(C(=O)Nc1ccc(Cl)cc1F)C1CC1. The molecule has 0 radical (unpaired) electrons. The molecule has 0 bridgehead atoms. The maximum atomic E-state index is 13.6. The molecular formula is C13H14ClFN2O3. The number of hydrogen-bond donors (Lipinski definition) is 2. The summed E-state index contributed by atoms with van der Waals surface area (Å²) in [6, 6.07) is 3.51. The summed E-state index contributed by atoms with van der Waals surface area (Å²) in [5.74, 6) is -1.60. The number of carbonyl (C=O) groups excluding carboxylic acids is 1. The summed E-state index contributed by atoms with van der Waals surface area (Å²) >= 11 is 5.63. The average molecular weight is 301 g/mol. The Morgan fingerprint density at radius 3 is 2.70 bits per heavy atom. The van der Waals surface area contributed by atoms with Crippen LogP contribution in [-0.2, 0) is 4.79 Å². The number of hydrogen-bond acceptors (Lipinski definition) is 2. The second kappa shape index (κ2) is 6.09. The van der Waals surface area contributed by atoms with E-state index >= 15 is 0 Å². The van der Waals surface area contributed by atoms with Crippen LogP contribution in [0.5, 0.6) is 0 Å². The van der Waals surface area contributed by atoms with Crippen LogP contribution in [0.1, 0.15) is 19.3 Å². The molecule has 2 N–H and O–H groups in total. The molecule has 0 unspecified atom stereocenters. The Kier molecular flexibility index (Phi) is 4.44. The third-order valence-electron chi connectivity index (χ3n) is 2.99. The van der Waals surface area contributed by atoms with Gasteiger partial charge in [0.1, 0.15) is 5.82 Å². The van der Waals surface area contributed by atoms with Crippen molar-refractivity contribution < 1.29 is 19.1 Å². The molecule has 0 aromatic heterocycles. The van der Waals surface area contributed by atoms with E-state index in [1.165, 1.54) is 17.0 Å². The first kappa shape index (κ1) is 14.6. The fourth-order valence-corrected chi connectivity index (χ4v) is 1.99. The number of carbonyl (C=O) groups is 2. The molecule has 5 nitrogen and oxygen atoms in total. The molecule has 1 aromatic carbocycles. The Balaban J connectivity index is 2.02. The standard InChI is InChI=1S/C13H14ClFN2O3/c14-8-1-4-11(10(15)7-8)16-13(20)17(9-2-3-9)6-5-12(18)19/h1,4,7,9H,2-3,5-6H2,(H,16,20)(H,18,19). The number of benzene rings is 1. The van der Waals surface area contributed by atoms with Crippen LogP contribution >= 0.6 is 11.6 Å². The summed E-state index contributed by atoms with van der Waals surface area (Å²) < 4.78 is 13.6. The van der Waals surface area contributed by atoms with E-state index in [-0.39, 0.29) is 29.7 Å². The molecule has 1 aliphatic rings. The molecule has 0 saturated heterocycles. The Labute approximate surface area is 120 Å². The van der Waals surface area contributed by atoms with Crippen molar-refractivity contribution in [3.8, 4) is 0 Å². The van der Waals surface area contributed by atoms with Crippen molar-refractivity contribution in [2.75, 3.05) is 11.9 Å². The van der Waals surface area contributed by atoms with Gasteiger partial charge in [-0.25, -0.2) is 9.18 Å². The number of urea groups is 1. The van der Waals surface area contributed by atoms with Gasteiger partial charge in [0.05, 0.1) is 12.1 Å². The zero-order valence-corrected chi connectivity index (χ0v) is 11.4. The van der Waals surface area contributed by atoms with Gasteiger partial charge >= 0.3 is 12.0 Å². The third-order valence-corrected chi connectivity index (χ3v) is 3.22. The Morgan fingerprint density at radius 1 is 1.45 bits per heavy atom. The molecule has 7 heteroatoms. The van der Waals surface area contributed by atoms with Crippen LogP contribution in [-0.4, -0.2) is 34.6 Å². The normalized spacial score (nSPS) is 13.9. The number of aliphatic carboxylic acids is 1. The number of rotatable bonds is 5. The maximum Gasteiger partial charge on any atom is 0.322 e. The second-order valence-corrected chi connectivity index (χ2v) is 5.06. The van der Waals surface area contributed by atoms with Gasteiger partial charge < -0.3 is 15.3 Å². The molecule has 1 aromatic rings. The number of carboxylic acids is 1. The van der Waals surface area contributed by atoms with Gasteiger partial charge in [0.15, 0.2) is 0 Å². The third kappa shape index (κ3) is 3.84. The van der Waals surface area contributed by atoms with Gasteiger partial charge in [-0.1, -0.05) is 11.6 Å². The topological polar surface area (TPSA) is 69.6 Å². The van der Waals surface area contributed by atoms with E-state index in [0.29, 0.717) is 0 Å². The van der Waals surface area contributed by atoms with E-state index in [0.717, 1.165) is 18.9 Å². The van der Waals surface area contributed by atoms with Crippen molar-refractivity contribution in [2.24, 2.45) is 0 Å². The highest BCUT2D eigenvalue weighted by atomic mass is 35.5. The highest BCUT2D eigenvalue weighted by Crippen LogP contribution is 2.28. The maximum absolute atomic E-state index is 13.6. The molecule has 108 valence electrons. The fraction of sp³-hybridized carbons (Fsp3) is 0.385. The van der Waals surface area contributed by atoms with Crippen LogP contribution in [0.15, 0.2) is 18.2 Å². The Hall–Kier alpha value is -1.82. The van der Waals surface area contributed by atoms with Gasteiger partial charge in [-0.2, -0.15) is 0 Å². The number of amides is 2. The van der Waals surface area contributed by atoms with Crippen molar-refractivity contribution in [2.45, 2.75) is 25.3 Å². The zero-order valence-electron chi connectivity index (χ0n) is 10.6. The van der Waals surface area contributed by atoms with Gasteiger partial charge in [-0.05, 0) is 31.0 Å². The summed E-state index contributed by atoms with van der Waals surface area (Å²) in [6.45, 7) is 0.112. The molecule has 20 heavy (non-hydrogen) atoms. The Morgan fingerprint density at radius 2 is 2.15 bits per heavy atom. The number of nitrogens with zero attached hydrogens (tertiary/aromatic N) is 1. The lowest BCUT2D eigenvalue weighted by Gasteiger charge is -2.22. The lowest BCUT2D eigenvalue weighted by Crippen LogP contribution is -2.38. The van der Waals surface area contributed by atoms with E-state index in [4.69, 9.17) is 16.7 Å². The summed E-state index contributed by atoms with van der Waals surface area (Å²) in [7, 11) is 0. The lowest BCUT2D eigenvalue weighted by molar-refractivity contribution is -0.137. The van der Waals surface area contributed by atoms with Crippen molar-refractivity contribution in [1.82, 2.24) is 4.90 Å². The first-order chi connectivity index (χ1) is 9.47. The molecule has 0 heterocycles. The minimum Gasteiger partial charge on any atom is -0.481 e. The molecule has 1 saturated carbocycles. The van der Waals surface area contributed by atoms with Gasteiger partial charge in [-0.3, -0.25) is 4.79 Å². The van der Waals surface area contributed by atoms with E-state index < -0.39 is 17.8 Å². The van der Waals surface area contributed by atoms with Crippen molar-refractivity contribution in [1.29, 1.82) is 0 Å². The van der Waals surface area contributed by atoms with E-state index in [2.05, 4.69) is 5.32 Å². The van der Waals surface area contributed by atoms with Crippen molar-refractivity contribution >= 4 is 29.3 Å². The van der Waals surface area contributed by atoms with Crippen LogP contribution < -0.4 is 5.32 Å². The number of nitrogens with one attached hydrogen (secondary N) is 1. The highest BCUT2D eigenvalue weighted by molar-refractivity contribution is 6.30. The van der Waals surface area contributed by atoms with Crippen LogP contribution in [0, 0.1) is 5.82 Å². The number of halogens is 2. The molecule has 0 aliphatic heterocycles. The van der Waals surface area contributed by atoms with E-state index in [9.17, 15) is 14.0 Å². The van der Waals surface area contributed by atoms with Crippen LogP contribution in [0.4, 0.5) is 14.9 Å². The molecular weight excluding hydrogens is 287 g/mol. The molecule has 1 fully saturated rings. The predicted octanol–water partition coefficient (Wildman–Crippen LogP) is 2.95. The smallest absolute Gasteiger partial charge is 0.322 e. The summed E-state index contributed by atoms with van der Waals surface area (Å²) in [6.07, 6.45) is 1.55. The van der Waals surface area contributed by atoms with Crippen molar-refractivity contribution in [3.63, 3.8) is 0 Å². The second-order valence-electron chi connectivity index (χ2n) is 4.62. The summed E-state index contributed by atoms with van der Waals surface area (Å²) in [4.78, 5) is 24.1. The number of anilines is 1. The summed E-state index contributed by atoms with van der Waals surface area (Å²) in [5, 5.41) is 11.4. The molecule has 0 atom stereocenters. The first-order valence-electron chi connectivity index (χ1n) is 6.22. The van der Waals surface area contributed by atoms with Gasteiger partial charge in [-0.15, -0.1) is 0 Å². The van der Waals surface area contributed by atoms with Gasteiger partial charge in [0.25, 0.3) is 0 Å². The lowest BCUT2D eigenvalue weighted by atomic mass is 10.3. The Bertz CT molecular complexity index is 534. The average Bonchev–Trinajstić information content (AvgIpc) is 3.17. The quantitative estimate of drug-likeness (QED) is 0.878. The van der Waals surface area contributed by atoms with Crippen LogP contribution in [0.2, 0.25) is 5.02 Å². The number of carboxylic acid groups (broad SMARTS) is 1. The monoisotopic (exact) mass is 300 g/mol. The molecule has 0 spiro atoms. The fourth-order valence-electron chi connectivity index (χ4n) is 1.83. The minimum absolute atomic E-state index is 0.0281. The molecule has 2 amide bonds. The minimum atomic E-state index is -0.971. The van der Waals surface area contributed by atoms with E-state index in [1.807, 2.05) is 0 Å². The van der Waals surface area contributed by atoms with Gasteiger partial charge in [0, 0.05) is 17.6 Å². The van der Waals surface area contributed by atoms with E-state index in [1.54, 1.807) is 0 Å². The molecule has 2 rings (SSSR count). The largest absolute Gasteiger partial charge is 0.481 e. The highest BCUT2D eigenvalue weighted by Gasteiger charge is 2.32. The van der Waals surface area contributed by atoms with Gasteiger partial charge in [0.2, 0.25) is 0 Å². The van der Waals surface area contributed by atoms with Crippen LogP contribution in [0.3, 0.4) is 0 Å². The van der Waals surface area contributed by atoms with Crippen LogP contribution in [0.25, 0.3) is 0 Å². The summed E-state index contributed by atoms with van der Waals surface area (Å²) in [5.41, 5.74) is 0.0281. The zero-order chi connectivity index (χ0) is 14.7. The molecule has 1 aliphatic carbocycles. The van der Waals surface area contributed by atoms with Crippen molar-refractivity contribution in [3.05, 3.63) is 29.0 Å². The predicted molar refractivity (Wildman–Crippen MR) is 72.4 cm³/mol.